The van der Waals surface area contributed by atoms with Gasteiger partial charge in [0.25, 0.3) is 11.5 Å². The number of aromatic nitrogens is 2. The van der Waals surface area contributed by atoms with Crippen LogP contribution >= 0.6 is 11.3 Å². The maximum atomic E-state index is 14.9. The van der Waals surface area contributed by atoms with Crippen molar-refractivity contribution in [1.29, 1.82) is 0 Å². The molecule has 3 aliphatic carbocycles. The first-order chi connectivity index (χ1) is 20.8. The number of rotatable bonds is 6. The van der Waals surface area contributed by atoms with Gasteiger partial charge in [0.1, 0.15) is 17.3 Å². The Morgan fingerprint density at radius 3 is 2.40 bits per heavy atom. The van der Waals surface area contributed by atoms with E-state index in [1.807, 2.05) is 24.4 Å². The van der Waals surface area contributed by atoms with Gasteiger partial charge in [0, 0.05) is 49.9 Å². The van der Waals surface area contributed by atoms with E-state index in [2.05, 4.69) is 32.5 Å². The van der Waals surface area contributed by atoms with E-state index in [4.69, 9.17) is 0 Å². The lowest BCUT2D eigenvalue weighted by Crippen LogP contribution is -2.44. The van der Waals surface area contributed by atoms with E-state index in [0.29, 0.717) is 39.3 Å². The second kappa shape index (κ2) is 11.2. The Morgan fingerprint density at radius 1 is 0.930 bits per heavy atom. The van der Waals surface area contributed by atoms with Gasteiger partial charge in [0.05, 0.1) is 22.4 Å². The zero-order chi connectivity index (χ0) is 29.7. The molecule has 10 heteroatoms. The number of anilines is 4. The lowest BCUT2D eigenvalue weighted by Gasteiger charge is -2.35. The molecule has 4 heterocycles. The van der Waals surface area contributed by atoms with Gasteiger partial charge in [-0.2, -0.15) is 0 Å². The average Bonchev–Trinajstić information content (AvgIpc) is 3.50. The van der Waals surface area contributed by atoms with Crippen LogP contribution in [-0.2, 0) is 7.05 Å². The molecule has 0 spiro atoms. The molecular weight excluding hydrogens is 563 g/mol. The number of thiophene rings is 1. The van der Waals surface area contributed by atoms with Crippen molar-refractivity contribution in [1.82, 2.24) is 14.5 Å². The van der Waals surface area contributed by atoms with E-state index in [1.54, 1.807) is 42.8 Å². The maximum absolute atomic E-state index is 14.9. The predicted octanol–water partition coefficient (Wildman–Crippen LogP) is 6.15. The minimum Gasteiger partial charge on any atom is -0.368 e. The fourth-order valence-corrected chi connectivity index (χ4v) is 7.94. The first-order valence-electron chi connectivity index (χ1n) is 14.9. The van der Waals surface area contributed by atoms with Crippen molar-refractivity contribution in [3.05, 3.63) is 86.3 Å². The number of hydrogen-bond donors (Lipinski definition) is 2. The SMILES string of the molecule is CN1CCN(c2ccc(Nc3cc(-c4ccc(F)c(NC(=O)c5cc6c(s5)C5CCC6CC5)c4)cn(C)c3=O)nc2)CC1. The summed E-state index contributed by atoms with van der Waals surface area (Å²) in [6.07, 6.45) is 8.32. The third-order valence-electron chi connectivity index (χ3n) is 9.16. The third-order valence-corrected chi connectivity index (χ3v) is 10.5. The van der Waals surface area contributed by atoms with Crippen LogP contribution in [0.25, 0.3) is 11.1 Å². The number of carbonyl (C=O) groups excluding carboxylic acids is 1. The number of pyridine rings is 2. The number of likely N-dealkylation sites (N-methyl/N-ethyl adjacent to an activating group) is 1. The van der Waals surface area contributed by atoms with Crippen molar-refractivity contribution in [3.63, 3.8) is 0 Å². The second-order valence-corrected chi connectivity index (χ2v) is 13.1. The van der Waals surface area contributed by atoms with Crippen molar-refractivity contribution in [2.24, 2.45) is 7.05 Å². The van der Waals surface area contributed by atoms with Crippen LogP contribution in [0.15, 0.2) is 59.7 Å². The van der Waals surface area contributed by atoms with Gasteiger partial charge in [-0.15, -0.1) is 11.3 Å². The Balaban J connectivity index is 1.10. The van der Waals surface area contributed by atoms with E-state index in [-0.39, 0.29) is 17.2 Å². The van der Waals surface area contributed by atoms with E-state index >= 15 is 0 Å². The molecular formula is C33H35FN6O2S. The number of aryl methyl sites for hydroxylation is 1. The lowest BCUT2D eigenvalue weighted by molar-refractivity contribution is 0.103. The highest BCUT2D eigenvalue weighted by molar-refractivity contribution is 7.14. The molecule has 43 heavy (non-hydrogen) atoms. The average molecular weight is 599 g/mol. The molecule has 3 aromatic heterocycles. The van der Waals surface area contributed by atoms with Crippen LogP contribution in [0, 0.1) is 5.82 Å². The molecule has 1 saturated carbocycles. The van der Waals surface area contributed by atoms with Crippen molar-refractivity contribution in [2.45, 2.75) is 37.5 Å². The van der Waals surface area contributed by atoms with Gasteiger partial charge in [-0.25, -0.2) is 9.37 Å². The number of carbonyl (C=O) groups is 1. The molecule has 2 fully saturated rings. The molecule has 4 aliphatic rings. The second-order valence-electron chi connectivity index (χ2n) is 12.0. The number of hydrogen-bond acceptors (Lipinski definition) is 7. The highest BCUT2D eigenvalue weighted by Gasteiger charge is 2.35. The van der Waals surface area contributed by atoms with Crippen LogP contribution in [0.3, 0.4) is 0 Å². The molecule has 1 aromatic carbocycles. The number of amides is 1. The maximum Gasteiger partial charge on any atom is 0.274 e. The Morgan fingerprint density at radius 2 is 1.67 bits per heavy atom. The van der Waals surface area contributed by atoms with E-state index < -0.39 is 5.82 Å². The topological polar surface area (TPSA) is 82.5 Å². The van der Waals surface area contributed by atoms with Crippen LogP contribution in [0.4, 0.5) is 27.3 Å². The summed E-state index contributed by atoms with van der Waals surface area (Å²) in [6, 6.07) is 12.3. The molecule has 0 unspecified atom stereocenters. The summed E-state index contributed by atoms with van der Waals surface area (Å²) >= 11 is 1.56. The first-order valence-corrected chi connectivity index (χ1v) is 15.8. The smallest absolute Gasteiger partial charge is 0.274 e. The Hall–Kier alpha value is -4.02. The van der Waals surface area contributed by atoms with Crippen LogP contribution in [0.2, 0.25) is 0 Å². The van der Waals surface area contributed by atoms with E-state index in [9.17, 15) is 14.0 Å². The van der Waals surface area contributed by atoms with Gasteiger partial charge in [-0.3, -0.25) is 9.59 Å². The molecule has 0 atom stereocenters. The summed E-state index contributed by atoms with van der Waals surface area (Å²) in [4.78, 5) is 37.4. The summed E-state index contributed by atoms with van der Waals surface area (Å²) in [6.45, 7) is 3.91. The van der Waals surface area contributed by atoms with Gasteiger partial charge in [0.15, 0.2) is 0 Å². The molecule has 4 aromatic rings. The Bertz CT molecular complexity index is 1700. The fourth-order valence-electron chi connectivity index (χ4n) is 6.63. The summed E-state index contributed by atoms with van der Waals surface area (Å²) in [5, 5.41) is 5.97. The largest absolute Gasteiger partial charge is 0.368 e. The van der Waals surface area contributed by atoms with Crippen LogP contribution in [0.1, 0.15) is 57.6 Å². The van der Waals surface area contributed by atoms with Gasteiger partial charge >= 0.3 is 0 Å². The van der Waals surface area contributed by atoms with Gasteiger partial charge < -0.3 is 25.0 Å². The molecule has 8 rings (SSSR count). The van der Waals surface area contributed by atoms with Gasteiger partial charge in [0.2, 0.25) is 0 Å². The summed E-state index contributed by atoms with van der Waals surface area (Å²) < 4.78 is 16.4. The van der Waals surface area contributed by atoms with Crippen molar-refractivity contribution >= 4 is 40.1 Å². The molecule has 0 radical (unpaired) electrons. The minimum atomic E-state index is -0.508. The highest BCUT2D eigenvalue weighted by Crippen LogP contribution is 2.52. The van der Waals surface area contributed by atoms with Crippen LogP contribution < -0.4 is 21.1 Å². The van der Waals surface area contributed by atoms with Crippen molar-refractivity contribution in [2.75, 3.05) is 48.8 Å². The number of nitrogens with zero attached hydrogens (tertiary/aromatic N) is 4. The van der Waals surface area contributed by atoms with Gasteiger partial charge in [-0.1, -0.05) is 6.07 Å². The predicted molar refractivity (Wildman–Crippen MR) is 171 cm³/mol. The zero-order valence-electron chi connectivity index (χ0n) is 24.4. The number of halogens is 1. The number of piperazine rings is 1. The molecule has 1 saturated heterocycles. The fraction of sp³-hybridized carbons (Fsp3) is 0.364. The summed E-state index contributed by atoms with van der Waals surface area (Å²) in [5.74, 6) is 0.876. The Labute approximate surface area is 254 Å². The zero-order valence-corrected chi connectivity index (χ0v) is 25.2. The van der Waals surface area contributed by atoms with Gasteiger partial charge in [-0.05, 0) is 92.1 Å². The van der Waals surface area contributed by atoms with Crippen molar-refractivity contribution in [3.8, 4) is 11.1 Å². The standard InChI is InChI=1S/C33H35FN6O2S/c1-38-11-13-40(14-12-38)24-8-10-30(35-18-24)36-28-16-23(19-39(2)33(28)42)22-7-9-26(34)27(15-22)37-32(41)29-17-25-20-3-5-21(6-4-20)31(25)43-29/h7-10,15-21H,3-6,11-14H2,1-2H3,(H,35,36)(H,37,41). The molecule has 222 valence electrons. The third kappa shape index (κ3) is 5.45. The Kier molecular flexibility index (Phi) is 7.26. The summed E-state index contributed by atoms with van der Waals surface area (Å²) in [7, 11) is 3.80. The monoisotopic (exact) mass is 598 g/mol. The molecule has 8 nitrogen and oxygen atoms in total. The quantitative estimate of drug-likeness (QED) is 0.277. The molecule has 1 amide bonds. The molecule has 2 bridgehead atoms. The van der Waals surface area contributed by atoms with E-state index in [1.165, 1.54) is 46.8 Å². The normalized spacial score (nSPS) is 19.7. The lowest BCUT2D eigenvalue weighted by atomic mass is 9.71. The first kappa shape index (κ1) is 27.8. The summed E-state index contributed by atoms with van der Waals surface area (Å²) in [5.41, 5.74) is 4.02. The van der Waals surface area contributed by atoms with Crippen LogP contribution in [-0.4, -0.2) is 53.6 Å². The molecule has 2 N–H and O–H groups in total. The number of benzene rings is 1. The van der Waals surface area contributed by atoms with E-state index in [0.717, 1.165) is 31.9 Å². The minimum absolute atomic E-state index is 0.112. The van der Waals surface area contributed by atoms with Crippen LogP contribution in [0.5, 0.6) is 0 Å². The highest BCUT2D eigenvalue weighted by atomic mass is 32.1. The molecule has 1 aliphatic heterocycles. The number of fused-ring (bicyclic) bond motifs is 2. The number of nitrogens with one attached hydrogen (secondary N) is 2. The van der Waals surface area contributed by atoms with Crippen molar-refractivity contribution < 1.29 is 9.18 Å².